The van der Waals surface area contributed by atoms with E-state index in [1.54, 1.807) is 0 Å². The molecule has 5 nitrogen and oxygen atoms in total. The monoisotopic (exact) mass is 188 g/mol. The summed E-state index contributed by atoms with van der Waals surface area (Å²) >= 11 is 0. The third-order valence-corrected chi connectivity index (χ3v) is 1.27. The molecule has 2 N–H and O–H groups in total. The van der Waals surface area contributed by atoms with Gasteiger partial charge < -0.3 is 10.2 Å². The number of carbonyl (C=O) groups excluding carboxylic acids is 2. The Morgan fingerprint density at radius 2 is 1.69 bits per heavy atom. The summed E-state index contributed by atoms with van der Waals surface area (Å²) in [4.78, 5) is 31.7. The van der Waals surface area contributed by atoms with Gasteiger partial charge >= 0.3 is 5.97 Å². The Labute approximate surface area is 75.4 Å². The maximum absolute atomic E-state index is 10.9. The van der Waals surface area contributed by atoms with Gasteiger partial charge in [0.15, 0.2) is 5.78 Å². The van der Waals surface area contributed by atoms with E-state index in [2.05, 4.69) is 0 Å². The van der Waals surface area contributed by atoms with Crippen molar-refractivity contribution in [3.05, 3.63) is 0 Å². The lowest BCUT2D eigenvalue weighted by Crippen LogP contribution is -2.15. The van der Waals surface area contributed by atoms with Crippen LogP contribution in [0, 0.1) is 0 Å². The number of aliphatic carboxylic acids is 1. The molecule has 0 radical (unpaired) electrons. The van der Waals surface area contributed by atoms with Crippen molar-refractivity contribution in [1.82, 2.24) is 0 Å². The number of ketones is 2. The normalized spacial score (nSPS) is 12.2. The molecule has 1 unspecified atom stereocenters. The zero-order valence-corrected chi connectivity index (χ0v) is 7.32. The molecule has 0 fully saturated rings. The van der Waals surface area contributed by atoms with Gasteiger partial charge in [-0.05, 0) is 6.92 Å². The fourth-order valence-corrected chi connectivity index (χ4v) is 0.853. The highest BCUT2D eigenvalue weighted by Gasteiger charge is 2.14. The van der Waals surface area contributed by atoms with Crippen LogP contribution in [0.3, 0.4) is 0 Å². The highest BCUT2D eigenvalue weighted by molar-refractivity contribution is 6.05. The number of aliphatic hydroxyl groups is 1. The van der Waals surface area contributed by atoms with Crippen molar-refractivity contribution in [1.29, 1.82) is 0 Å². The Balaban J connectivity index is 3.79. The van der Waals surface area contributed by atoms with Crippen LogP contribution >= 0.6 is 0 Å². The van der Waals surface area contributed by atoms with Crippen molar-refractivity contribution in [3.8, 4) is 0 Å². The van der Waals surface area contributed by atoms with E-state index in [-0.39, 0.29) is 6.42 Å². The third kappa shape index (κ3) is 7.14. The van der Waals surface area contributed by atoms with Crippen LogP contribution in [-0.2, 0) is 14.4 Å². The molecule has 0 aromatic carbocycles. The number of hydrogen-bond acceptors (Lipinski definition) is 4. The molecule has 1 atom stereocenters. The third-order valence-electron chi connectivity index (χ3n) is 1.27. The molecule has 0 aliphatic rings. The molecule has 0 saturated heterocycles. The summed E-state index contributed by atoms with van der Waals surface area (Å²) in [5.41, 5.74) is 0. The first-order chi connectivity index (χ1) is 5.91. The van der Waals surface area contributed by atoms with Gasteiger partial charge in [0.05, 0.1) is 12.5 Å². The topological polar surface area (TPSA) is 91.7 Å². The summed E-state index contributed by atoms with van der Waals surface area (Å²) in [6.07, 6.45) is -1.93. The van der Waals surface area contributed by atoms with Crippen molar-refractivity contribution in [2.75, 3.05) is 0 Å². The Morgan fingerprint density at radius 3 is 2.08 bits per heavy atom. The molecular weight excluding hydrogens is 176 g/mol. The summed E-state index contributed by atoms with van der Waals surface area (Å²) in [6.45, 7) is 1.43. The predicted octanol–water partition coefficient (Wildman–Crippen LogP) is -0.240. The zero-order chi connectivity index (χ0) is 10.4. The van der Waals surface area contributed by atoms with E-state index in [1.165, 1.54) is 6.92 Å². The second kappa shape index (κ2) is 5.42. The van der Waals surface area contributed by atoms with E-state index in [0.717, 1.165) is 0 Å². The van der Waals surface area contributed by atoms with Crippen LogP contribution in [0.25, 0.3) is 0 Å². The quantitative estimate of drug-likeness (QED) is 0.561. The molecule has 0 saturated carbocycles. The molecule has 0 aromatic heterocycles. The fourth-order valence-electron chi connectivity index (χ4n) is 0.853. The largest absolute Gasteiger partial charge is 0.481 e. The first kappa shape index (κ1) is 11.8. The van der Waals surface area contributed by atoms with Gasteiger partial charge in [-0.15, -0.1) is 0 Å². The van der Waals surface area contributed by atoms with Crippen LogP contribution in [0.2, 0.25) is 0 Å². The first-order valence-corrected chi connectivity index (χ1v) is 3.85. The van der Waals surface area contributed by atoms with Crippen molar-refractivity contribution >= 4 is 17.5 Å². The molecule has 0 heterocycles. The number of hydrogen-bond donors (Lipinski definition) is 2. The maximum atomic E-state index is 10.9. The minimum atomic E-state index is -1.24. The van der Waals surface area contributed by atoms with E-state index in [4.69, 9.17) is 10.2 Å². The lowest BCUT2D eigenvalue weighted by atomic mass is 10.1. The van der Waals surface area contributed by atoms with Gasteiger partial charge in [0, 0.05) is 6.42 Å². The Bertz CT molecular complexity index is 219. The average molecular weight is 188 g/mol. The van der Waals surface area contributed by atoms with E-state index < -0.39 is 36.5 Å². The summed E-state index contributed by atoms with van der Waals surface area (Å²) in [7, 11) is 0. The minimum Gasteiger partial charge on any atom is -0.481 e. The van der Waals surface area contributed by atoms with Gasteiger partial charge in [-0.1, -0.05) is 0 Å². The number of aliphatic hydroxyl groups excluding tert-OH is 1. The molecule has 13 heavy (non-hydrogen) atoms. The predicted molar refractivity (Wildman–Crippen MR) is 43.2 cm³/mol. The van der Waals surface area contributed by atoms with Crippen LogP contribution in [0.4, 0.5) is 0 Å². The van der Waals surface area contributed by atoms with Crippen molar-refractivity contribution in [2.45, 2.75) is 32.3 Å². The maximum Gasteiger partial charge on any atom is 0.310 e. The standard InChI is InChI=1S/C8H12O5/c1-5(9)2-6(10)3-7(11)4-8(12)13/h5,9H,2-4H2,1H3,(H,12,13). The smallest absolute Gasteiger partial charge is 0.310 e. The van der Waals surface area contributed by atoms with Crippen LogP contribution < -0.4 is 0 Å². The second-order valence-electron chi connectivity index (χ2n) is 2.88. The SMILES string of the molecule is CC(O)CC(=O)CC(=O)CC(=O)O. The summed E-state index contributed by atoms with van der Waals surface area (Å²) in [6, 6.07) is 0. The lowest BCUT2D eigenvalue weighted by molar-refractivity contribution is -0.140. The van der Waals surface area contributed by atoms with Gasteiger partial charge in [-0.3, -0.25) is 14.4 Å². The van der Waals surface area contributed by atoms with Crippen molar-refractivity contribution < 1.29 is 24.6 Å². The molecule has 0 spiro atoms. The molecule has 0 amide bonds. The molecular formula is C8H12O5. The Morgan fingerprint density at radius 1 is 1.15 bits per heavy atom. The summed E-state index contributed by atoms with van der Waals surface area (Å²) < 4.78 is 0. The number of carboxylic acids is 1. The van der Waals surface area contributed by atoms with Gasteiger partial charge in [-0.25, -0.2) is 0 Å². The molecule has 0 aliphatic heterocycles. The molecule has 0 rings (SSSR count). The van der Waals surface area contributed by atoms with Gasteiger partial charge in [0.1, 0.15) is 12.2 Å². The van der Waals surface area contributed by atoms with Crippen LogP contribution in [0.1, 0.15) is 26.2 Å². The lowest BCUT2D eigenvalue weighted by Gasteiger charge is -2.01. The van der Waals surface area contributed by atoms with Crippen molar-refractivity contribution in [3.63, 3.8) is 0 Å². The molecule has 0 bridgehead atoms. The molecule has 5 heteroatoms. The highest BCUT2D eigenvalue weighted by Crippen LogP contribution is 1.98. The molecule has 0 aromatic rings. The Kier molecular flexibility index (Phi) is 4.91. The highest BCUT2D eigenvalue weighted by atomic mass is 16.4. The first-order valence-electron chi connectivity index (χ1n) is 3.85. The Hall–Kier alpha value is -1.23. The number of carbonyl (C=O) groups is 3. The minimum absolute atomic E-state index is 0.106. The van der Waals surface area contributed by atoms with E-state index in [0.29, 0.717) is 0 Å². The van der Waals surface area contributed by atoms with Crippen LogP contribution in [0.15, 0.2) is 0 Å². The van der Waals surface area contributed by atoms with Crippen LogP contribution in [0.5, 0.6) is 0 Å². The van der Waals surface area contributed by atoms with Gasteiger partial charge in [0.2, 0.25) is 0 Å². The zero-order valence-electron chi connectivity index (χ0n) is 7.32. The second-order valence-corrected chi connectivity index (χ2v) is 2.88. The van der Waals surface area contributed by atoms with E-state index >= 15 is 0 Å². The van der Waals surface area contributed by atoms with E-state index in [1.807, 2.05) is 0 Å². The molecule has 74 valence electrons. The van der Waals surface area contributed by atoms with Gasteiger partial charge in [-0.2, -0.15) is 0 Å². The molecule has 0 aliphatic carbocycles. The van der Waals surface area contributed by atoms with E-state index in [9.17, 15) is 14.4 Å². The fraction of sp³-hybridized carbons (Fsp3) is 0.625. The average Bonchev–Trinajstić information content (AvgIpc) is 1.80. The summed E-state index contributed by atoms with van der Waals surface area (Å²) in [5.74, 6) is -2.30. The van der Waals surface area contributed by atoms with Gasteiger partial charge in [0.25, 0.3) is 0 Å². The number of rotatable bonds is 6. The summed E-state index contributed by atoms with van der Waals surface area (Å²) in [5, 5.41) is 17.0. The van der Waals surface area contributed by atoms with Crippen LogP contribution in [-0.4, -0.2) is 33.9 Å². The number of Topliss-reactive ketones (excluding diaryl/α,β-unsaturated/α-hetero) is 2. The number of carboxylic acid groups (broad SMARTS) is 1. The van der Waals surface area contributed by atoms with Crippen molar-refractivity contribution in [2.24, 2.45) is 0 Å².